The first-order chi connectivity index (χ1) is 9.51. The Morgan fingerprint density at radius 2 is 2.25 bits per heavy atom. The van der Waals surface area contributed by atoms with Gasteiger partial charge in [0.05, 0.1) is 17.5 Å². The molecule has 1 aromatic rings. The third-order valence-corrected chi connectivity index (χ3v) is 3.56. The van der Waals surface area contributed by atoms with Gasteiger partial charge in [-0.1, -0.05) is 0 Å². The van der Waals surface area contributed by atoms with Gasteiger partial charge in [0.1, 0.15) is 0 Å². The van der Waals surface area contributed by atoms with E-state index in [1.807, 2.05) is 13.8 Å². The second-order valence-electron chi connectivity index (χ2n) is 5.64. The molecule has 1 saturated heterocycles. The lowest BCUT2D eigenvalue weighted by Crippen LogP contribution is -2.37. The number of rotatable bonds is 4. The van der Waals surface area contributed by atoms with E-state index in [0.29, 0.717) is 5.69 Å². The minimum Gasteiger partial charge on any atom is -0.488 e. The van der Waals surface area contributed by atoms with Crippen LogP contribution in [0.1, 0.15) is 26.7 Å². The molecule has 1 atom stereocenters. The number of hydrogen-bond acceptors (Lipinski definition) is 4. The molecule has 0 saturated carbocycles. The molecule has 1 heterocycles. The number of halogens is 1. The summed E-state index contributed by atoms with van der Waals surface area (Å²) in [6.07, 6.45) is 1.93. The van der Waals surface area contributed by atoms with Gasteiger partial charge in [-0.3, -0.25) is 0 Å². The number of benzene rings is 1. The fraction of sp³-hybridized carbons (Fsp3) is 0.600. The molecule has 1 aliphatic rings. The number of nitrogen functional groups attached to an aromatic ring is 1. The van der Waals surface area contributed by atoms with Crippen LogP contribution in [0.15, 0.2) is 12.1 Å². The lowest BCUT2D eigenvalue weighted by Gasteiger charge is -2.34. The summed E-state index contributed by atoms with van der Waals surface area (Å²) in [6, 6.07) is 2.99. The van der Waals surface area contributed by atoms with Gasteiger partial charge >= 0.3 is 0 Å². The molecule has 1 aromatic carbocycles. The summed E-state index contributed by atoms with van der Waals surface area (Å²) in [5, 5.41) is 9.30. The van der Waals surface area contributed by atoms with Gasteiger partial charge in [0.15, 0.2) is 11.6 Å². The number of aliphatic hydroxyl groups is 1. The van der Waals surface area contributed by atoms with Crippen molar-refractivity contribution >= 4 is 11.4 Å². The number of piperidine rings is 1. The SMILES string of the molecule is CC(C)Oc1cc(N2CCCC(CO)C2)c(N)cc1F. The third kappa shape index (κ3) is 3.33. The number of aliphatic hydroxyl groups excluding tert-OH is 1. The van der Waals surface area contributed by atoms with E-state index >= 15 is 0 Å². The van der Waals surface area contributed by atoms with E-state index in [0.717, 1.165) is 31.6 Å². The summed E-state index contributed by atoms with van der Waals surface area (Å²) in [4.78, 5) is 2.10. The summed E-state index contributed by atoms with van der Waals surface area (Å²) in [7, 11) is 0. The maximum atomic E-state index is 13.8. The molecule has 2 rings (SSSR count). The number of nitrogens with zero attached hydrogens (tertiary/aromatic N) is 1. The molecule has 0 radical (unpaired) electrons. The van der Waals surface area contributed by atoms with Crippen LogP contribution in [0.25, 0.3) is 0 Å². The molecule has 0 spiro atoms. The number of ether oxygens (including phenoxy) is 1. The van der Waals surface area contributed by atoms with Gasteiger partial charge in [-0.25, -0.2) is 4.39 Å². The number of nitrogens with two attached hydrogens (primary N) is 1. The molecule has 20 heavy (non-hydrogen) atoms. The molecule has 3 N–H and O–H groups in total. The summed E-state index contributed by atoms with van der Waals surface area (Å²) in [6.45, 7) is 5.50. The standard InChI is InChI=1S/C15H23FN2O2/c1-10(2)20-15-7-14(13(17)6-12(15)16)18-5-3-4-11(8-18)9-19/h6-7,10-11,19H,3-5,8-9,17H2,1-2H3. The Morgan fingerprint density at radius 3 is 2.90 bits per heavy atom. The molecule has 0 bridgehead atoms. The highest BCUT2D eigenvalue weighted by Crippen LogP contribution is 2.34. The Morgan fingerprint density at radius 1 is 1.50 bits per heavy atom. The molecule has 4 nitrogen and oxygen atoms in total. The Kier molecular flexibility index (Phi) is 4.70. The van der Waals surface area contributed by atoms with Gasteiger partial charge in [-0.05, 0) is 32.6 Å². The van der Waals surface area contributed by atoms with Crippen LogP contribution in [0.3, 0.4) is 0 Å². The Bertz CT molecular complexity index is 465. The summed E-state index contributed by atoms with van der Waals surface area (Å²) in [5.74, 6) is 0.0497. The quantitative estimate of drug-likeness (QED) is 0.833. The maximum Gasteiger partial charge on any atom is 0.167 e. The largest absolute Gasteiger partial charge is 0.488 e. The summed E-state index contributed by atoms with van der Waals surface area (Å²) in [5.41, 5.74) is 7.15. The highest BCUT2D eigenvalue weighted by molar-refractivity contribution is 5.70. The lowest BCUT2D eigenvalue weighted by atomic mass is 9.98. The van der Waals surface area contributed by atoms with Gasteiger partial charge in [0.25, 0.3) is 0 Å². The molecule has 0 amide bonds. The highest BCUT2D eigenvalue weighted by atomic mass is 19.1. The van der Waals surface area contributed by atoms with Crippen molar-refractivity contribution in [3.8, 4) is 5.75 Å². The smallest absolute Gasteiger partial charge is 0.167 e. The van der Waals surface area contributed by atoms with Crippen LogP contribution in [0.4, 0.5) is 15.8 Å². The van der Waals surface area contributed by atoms with Crippen molar-refractivity contribution in [2.24, 2.45) is 5.92 Å². The zero-order valence-corrected chi connectivity index (χ0v) is 12.1. The van der Waals surface area contributed by atoms with E-state index in [1.54, 1.807) is 6.07 Å². The average molecular weight is 282 g/mol. The zero-order valence-electron chi connectivity index (χ0n) is 12.1. The van der Waals surface area contributed by atoms with Crippen molar-refractivity contribution < 1.29 is 14.2 Å². The van der Waals surface area contributed by atoms with Crippen LogP contribution in [0.5, 0.6) is 5.75 Å². The first kappa shape index (κ1) is 14.9. The zero-order chi connectivity index (χ0) is 14.7. The van der Waals surface area contributed by atoms with Crippen molar-refractivity contribution in [2.75, 3.05) is 30.3 Å². The topological polar surface area (TPSA) is 58.7 Å². The van der Waals surface area contributed by atoms with Gasteiger partial charge in [0, 0.05) is 31.8 Å². The highest BCUT2D eigenvalue weighted by Gasteiger charge is 2.22. The molecule has 1 aliphatic heterocycles. The number of hydrogen-bond donors (Lipinski definition) is 2. The summed E-state index contributed by atoms with van der Waals surface area (Å²) >= 11 is 0. The molecule has 5 heteroatoms. The van der Waals surface area contributed by atoms with Crippen LogP contribution in [0, 0.1) is 11.7 Å². The van der Waals surface area contributed by atoms with Gasteiger partial charge in [-0.2, -0.15) is 0 Å². The minimum absolute atomic E-state index is 0.0903. The normalized spacial score (nSPS) is 19.4. The molecule has 1 unspecified atom stereocenters. The second-order valence-corrected chi connectivity index (χ2v) is 5.64. The maximum absolute atomic E-state index is 13.8. The van der Waals surface area contributed by atoms with E-state index in [1.165, 1.54) is 6.07 Å². The lowest BCUT2D eigenvalue weighted by molar-refractivity contribution is 0.208. The van der Waals surface area contributed by atoms with Crippen LogP contribution >= 0.6 is 0 Å². The third-order valence-electron chi connectivity index (χ3n) is 3.56. The first-order valence-corrected chi connectivity index (χ1v) is 7.12. The van der Waals surface area contributed by atoms with Crippen molar-refractivity contribution in [1.82, 2.24) is 0 Å². The van der Waals surface area contributed by atoms with Crippen molar-refractivity contribution in [3.05, 3.63) is 17.9 Å². The van der Waals surface area contributed by atoms with Crippen molar-refractivity contribution in [2.45, 2.75) is 32.8 Å². The average Bonchev–Trinajstić information content (AvgIpc) is 2.41. The van der Waals surface area contributed by atoms with Crippen LogP contribution in [0.2, 0.25) is 0 Å². The molecule has 112 valence electrons. The molecule has 1 fully saturated rings. The minimum atomic E-state index is -0.435. The predicted octanol–water partition coefficient (Wildman–Crippen LogP) is 2.40. The van der Waals surface area contributed by atoms with Gasteiger partial charge in [0.2, 0.25) is 0 Å². The monoisotopic (exact) mass is 282 g/mol. The molecular weight excluding hydrogens is 259 g/mol. The molecule has 0 aliphatic carbocycles. The van der Waals surface area contributed by atoms with Crippen LogP contribution < -0.4 is 15.4 Å². The van der Waals surface area contributed by atoms with E-state index < -0.39 is 5.82 Å². The van der Waals surface area contributed by atoms with Crippen molar-refractivity contribution in [3.63, 3.8) is 0 Å². The van der Waals surface area contributed by atoms with E-state index in [4.69, 9.17) is 10.5 Å². The Hall–Kier alpha value is -1.49. The Balaban J connectivity index is 2.26. The van der Waals surface area contributed by atoms with E-state index in [9.17, 15) is 9.50 Å². The fourth-order valence-corrected chi connectivity index (χ4v) is 2.61. The predicted molar refractivity (Wildman–Crippen MR) is 78.6 cm³/mol. The van der Waals surface area contributed by atoms with Crippen LogP contribution in [-0.4, -0.2) is 30.9 Å². The van der Waals surface area contributed by atoms with Crippen LogP contribution in [-0.2, 0) is 0 Å². The summed E-state index contributed by atoms with van der Waals surface area (Å²) < 4.78 is 19.3. The van der Waals surface area contributed by atoms with E-state index in [-0.39, 0.29) is 24.4 Å². The molecular formula is C15H23FN2O2. The van der Waals surface area contributed by atoms with Gasteiger partial charge < -0.3 is 20.5 Å². The van der Waals surface area contributed by atoms with E-state index in [2.05, 4.69) is 4.90 Å². The Labute approximate surface area is 119 Å². The fourth-order valence-electron chi connectivity index (χ4n) is 2.61. The molecule has 0 aromatic heterocycles. The van der Waals surface area contributed by atoms with Gasteiger partial charge in [-0.15, -0.1) is 0 Å². The number of anilines is 2. The van der Waals surface area contributed by atoms with Crippen molar-refractivity contribution in [1.29, 1.82) is 0 Å². The first-order valence-electron chi connectivity index (χ1n) is 7.12. The second kappa shape index (κ2) is 6.31.